The zero-order chi connectivity index (χ0) is 14.7. The van der Waals surface area contributed by atoms with Crippen molar-refractivity contribution in [1.29, 1.82) is 0 Å². The third kappa shape index (κ3) is 5.08. The maximum Gasteiger partial charge on any atom is 0.573 e. The lowest BCUT2D eigenvalue weighted by atomic mass is 9.98. The van der Waals surface area contributed by atoms with E-state index in [0.29, 0.717) is 5.56 Å². The Balaban J connectivity index is 2.79. The molecule has 0 aliphatic heterocycles. The SMILES string of the molecule is CC(O)C(C)(C)NCc1ccccc1OC(F)(F)F. The zero-order valence-corrected chi connectivity index (χ0v) is 11.1. The highest BCUT2D eigenvalue weighted by atomic mass is 19.4. The third-order valence-electron chi connectivity index (χ3n) is 2.98. The van der Waals surface area contributed by atoms with Gasteiger partial charge in [0.2, 0.25) is 0 Å². The van der Waals surface area contributed by atoms with Crippen molar-refractivity contribution in [2.45, 2.75) is 45.3 Å². The molecule has 1 rings (SSSR count). The Kier molecular flexibility index (Phi) is 4.81. The Hall–Kier alpha value is -1.27. The van der Waals surface area contributed by atoms with E-state index in [1.807, 2.05) is 0 Å². The highest BCUT2D eigenvalue weighted by Crippen LogP contribution is 2.26. The van der Waals surface area contributed by atoms with E-state index in [1.165, 1.54) is 12.1 Å². The molecule has 0 aromatic heterocycles. The van der Waals surface area contributed by atoms with Crippen molar-refractivity contribution in [3.05, 3.63) is 29.8 Å². The van der Waals surface area contributed by atoms with Crippen molar-refractivity contribution in [3.8, 4) is 5.75 Å². The second-order valence-corrected chi connectivity index (χ2v) is 4.91. The summed E-state index contributed by atoms with van der Waals surface area (Å²) in [5.41, 5.74) is -0.223. The first-order valence-corrected chi connectivity index (χ1v) is 5.88. The van der Waals surface area contributed by atoms with Gasteiger partial charge in [-0.05, 0) is 26.8 Å². The maximum absolute atomic E-state index is 12.2. The lowest BCUT2D eigenvalue weighted by Crippen LogP contribution is -2.47. The normalized spacial score (nSPS) is 14.3. The van der Waals surface area contributed by atoms with Gasteiger partial charge < -0.3 is 15.2 Å². The van der Waals surface area contributed by atoms with Crippen molar-refractivity contribution in [2.75, 3.05) is 0 Å². The summed E-state index contributed by atoms with van der Waals surface area (Å²) in [6, 6.07) is 5.92. The van der Waals surface area contributed by atoms with Gasteiger partial charge in [-0.2, -0.15) is 0 Å². The largest absolute Gasteiger partial charge is 0.573 e. The molecule has 0 aliphatic carbocycles. The molecule has 3 nitrogen and oxygen atoms in total. The number of aliphatic hydroxyl groups is 1. The number of benzene rings is 1. The van der Waals surface area contributed by atoms with Crippen LogP contribution in [-0.4, -0.2) is 23.1 Å². The van der Waals surface area contributed by atoms with Gasteiger partial charge in [-0.25, -0.2) is 0 Å². The monoisotopic (exact) mass is 277 g/mol. The zero-order valence-electron chi connectivity index (χ0n) is 11.1. The molecule has 0 saturated carbocycles. The molecule has 0 amide bonds. The van der Waals surface area contributed by atoms with Crippen LogP contribution in [0.1, 0.15) is 26.3 Å². The fourth-order valence-corrected chi connectivity index (χ4v) is 1.34. The maximum atomic E-state index is 12.2. The molecule has 6 heteroatoms. The number of alkyl halides is 3. The molecule has 0 bridgehead atoms. The lowest BCUT2D eigenvalue weighted by Gasteiger charge is -2.30. The number of hydrogen-bond donors (Lipinski definition) is 2. The second-order valence-electron chi connectivity index (χ2n) is 4.91. The minimum Gasteiger partial charge on any atom is -0.405 e. The van der Waals surface area contributed by atoms with Crippen molar-refractivity contribution < 1.29 is 23.0 Å². The van der Waals surface area contributed by atoms with E-state index in [4.69, 9.17) is 0 Å². The van der Waals surface area contributed by atoms with Gasteiger partial charge in [-0.1, -0.05) is 18.2 Å². The number of hydrogen-bond acceptors (Lipinski definition) is 3. The van der Waals surface area contributed by atoms with Crippen LogP contribution in [0.25, 0.3) is 0 Å². The Labute approximate surface area is 110 Å². The molecule has 0 radical (unpaired) electrons. The van der Waals surface area contributed by atoms with Gasteiger partial charge in [0.25, 0.3) is 0 Å². The fraction of sp³-hybridized carbons (Fsp3) is 0.538. The molecule has 0 saturated heterocycles. The van der Waals surface area contributed by atoms with Gasteiger partial charge in [0, 0.05) is 17.6 Å². The van der Waals surface area contributed by atoms with Crippen LogP contribution in [0, 0.1) is 0 Å². The van der Waals surface area contributed by atoms with E-state index in [2.05, 4.69) is 10.1 Å². The molecule has 19 heavy (non-hydrogen) atoms. The molecule has 108 valence electrons. The summed E-state index contributed by atoms with van der Waals surface area (Å²) < 4.78 is 40.7. The summed E-state index contributed by atoms with van der Waals surface area (Å²) in [4.78, 5) is 0. The molecular formula is C13H18F3NO2. The van der Waals surface area contributed by atoms with Crippen LogP contribution in [0.2, 0.25) is 0 Å². The van der Waals surface area contributed by atoms with Crippen LogP contribution < -0.4 is 10.1 Å². The highest BCUT2D eigenvalue weighted by molar-refractivity contribution is 5.33. The number of ether oxygens (including phenoxy) is 1. The molecule has 2 N–H and O–H groups in total. The summed E-state index contributed by atoms with van der Waals surface area (Å²) in [5, 5.41) is 12.5. The number of aliphatic hydroxyl groups excluding tert-OH is 1. The fourth-order valence-electron chi connectivity index (χ4n) is 1.34. The first-order chi connectivity index (χ1) is 8.62. The number of para-hydroxylation sites is 1. The first kappa shape index (κ1) is 15.8. The predicted molar refractivity (Wildman–Crippen MR) is 65.7 cm³/mol. The quantitative estimate of drug-likeness (QED) is 0.869. The van der Waals surface area contributed by atoms with Gasteiger partial charge >= 0.3 is 6.36 Å². The first-order valence-electron chi connectivity index (χ1n) is 5.88. The van der Waals surface area contributed by atoms with E-state index in [-0.39, 0.29) is 12.3 Å². The molecular weight excluding hydrogens is 259 g/mol. The lowest BCUT2D eigenvalue weighted by molar-refractivity contribution is -0.274. The van der Waals surface area contributed by atoms with Crippen LogP contribution in [0.15, 0.2) is 24.3 Å². The van der Waals surface area contributed by atoms with Gasteiger partial charge in [-0.15, -0.1) is 13.2 Å². The minimum atomic E-state index is -4.71. The topological polar surface area (TPSA) is 41.5 Å². The standard InChI is InChI=1S/C13H18F3NO2/c1-9(18)12(2,3)17-8-10-6-4-5-7-11(10)19-13(14,15)16/h4-7,9,17-18H,8H2,1-3H3. The second kappa shape index (κ2) is 5.79. The predicted octanol–water partition coefficient (Wildman–Crippen LogP) is 2.83. The van der Waals surface area contributed by atoms with Crippen molar-refractivity contribution in [1.82, 2.24) is 5.32 Å². The number of rotatable bonds is 5. The summed E-state index contributed by atoms with van der Waals surface area (Å²) in [7, 11) is 0. The molecule has 0 spiro atoms. The van der Waals surface area contributed by atoms with Gasteiger partial charge in [0.1, 0.15) is 5.75 Å². The van der Waals surface area contributed by atoms with Gasteiger partial charge in [0.05, 0.1) is 6.10 Å². The minimum absolute atomic E-state index is 0.171. The van der Waals surface area contributed by atoms with Crippen LogP contribution in [0.5, 0.6) is 5.75 Å². The van der Waals surface area contributed by atoms with Gasteiger partial charge in [0.15, 0.2) is 0 Å². The Morgan fingerprint density at radius 3 is 2.37 bits per heavy atom. The van der Waals surface area contributed by atoms with Crippen LogP contribution in [0.4, 0.5) is 13.2 Å². The molecule has 1 unspecified atom stereocenters. The summed E-state index contributed by atoms with van der Waals surface area (Å²) in [6.45, 7) is 5.32. The highest BCUT2D eigenvalue weighted by Gasteiger charge is 2.32. The van der Waals surface area contributed by atoms with Crippen LogP contribution >= 0.6 is 0 Å². The van der Waals surface area contributed by atoms with E-state index in [0.717, 1.165) is 0 Å². The summed E-state index contributed by atoms with van der Waals surface area (Å²) >= 11 is 0. The number of halogens is 3. The van der Waals surface area contributed by atoms with E-state index in [1.54, 1.807) is 32.9 Å². The summed E-state index contributed by atoms with van der Waals surface area (Å²) in [6.07, 6.45) is -5.35. The molecule has 1 atom stereocenters. The Morgan fingerprint density at radius 2 is 1.84 bits per heavy atom. The molecule has 1 aromatic carbocycles. The molecule has 0 heterocycles. The molecule has 0 fully saturated rings. The van der Waals surface area contributed by atoms with E-state index >= 15 is 0 Å². The third-order valence-corrected chi connectivity index (χ3v) is 2.98. The van der Waals surface area contributed by atoms with Crippen molar-refractivity contribution in [2.24, 2.45) is 0 Å². The van der Waals surface area contributed by atoms with Crippen LogP contribution in [-0.2, 0) is 6.54 Å². The van der Waals surface area contributed by atoms with Crippen molar-refractivity contribution in [3.63, 3.8) is 0 Å². The summed E-state index contributed by atoms with van der Waals surface area (Å²) in [5.74, 6) is -0.233. The van der Waals surface area contributed by atoms with Gasteiger partial charge in [-0.3, -0.25) is 0 Å². The molecule has 1 aromatic rings. The average molecular weight is 277 g/mol. The smallest absolute Gasteiger partial charge is 0.405 e. The van der Waals surface area contributed by atoms with E-state index in [9.17, 15) is 18.3 Å². The van der Waals surface area contributed by atoms with E-state index < -0.39 is 18.0 Å². The molecule has 0 aliphatic rings. The Bertz CT molecular complexity index is 417. The number of nitrogens with one attached hydrogen (secondary N) is 1. The average Bonchev–Trinajstić information content (AvgIpc) is 2.25. The Morgan fingerprint density at radius 1 is 1.26 bits per heavy atom. The van der Waals surface area contributed by atoms with Crippen LogP contribution in [0.3, 0.4) is 0 Å². The van der Waals surface area contributed by atoms with Crippen molar-refractivity contribution >= 4 is 0 Å².